The molecule has 0 aliphatic rings. The van der Waals surface area contributed by atoms with Crippen LogP contribution in [0.15, 0.2) is 29.4 Å². The molecular formula is C14H13ClN6S2. The van der Waals surface area contributed by atoms with Crippen LogP contribution in [0.5, 0.6) is 0 Å². The maximum absolute atomic E-state index is 6.17. The maximum Gasteiger partial charge on any atom is 0.216 e. The third kappa shape index (κ3) is 3.66. The topological polar surface area (TPSA) is 70.9 Å². The van der Waals surface area contributed by atoms with Gasteiger partial charge in [-0.2, -0.15) is 14.9 Å². The first-order valence-corrected chi connectivity index (χ1v) is 8.31. The highest BCUT2D eigenvalue weighted by Gasteiger charge is 2.08. The van der Waals surface area contributed by atoms with Crippen molar-refractivity contribution >= 4 is 52.2 Å². The van der Waals surface area contributed by atoms with Crippen LogP contribution in [-0.4, -0.2) is 26.1 Å². The minimum absolute atomic E-state index is 0.390. The summed E-state index contributed by atoms with van der Waals surface area (Å²) < 4.78 is 1.95. The highest BCUT2D eigenvalue weighted by molar-refractivity contribution is 7.71. The quantitative estimate of drug-likeness (QED) is 0.535. The largest absolute Gasteiger partial charge is 0.331 e. The highest BCUT2D eigenvalue weighted by atomic mass is 35.5. The first kappa shape index (κ1) is 15.9. The molecule has 0 unspecified atom stereocenters. The van der Waals surface area contributed by atoms with Crippen molar-refractivity contribution in [3.05, 3.63) is 50.5 Å². The number of nitrogens with zero attached hydrogens (tertiary/aromatic N) is 4. The molecule has 9 heteroatoms. The van der Waals surface area contributed by atoms with E-state index < -0.39 is 0 Å². The smallest absolute Gasteiger partial charge is 0.216 e. The maximum atomic E-state index is 6.17. The Kier molecular flexibility index (Phi) is 4.56. The first-order valence-electron chi connectivity index (χ1n) is 6.71. The van der Waals surface area contributed by atoms with Gasteiger partial charge in [-0.3, -0.25) is 5.10 Å². The zero-order chi connectivity index (χ0) is 16.4. The molecule has 1 aromatic carbocycles. The Balaban J connectivity index is 1.81. The zero-order valence-corrected chi connectivity index (χ0v) is 14.8. The van der Waals surface area contributed by atoms with Crippen LogP contribution in [0.1, 0.15) is 16.3 Å². The second kappa shape index (κ2) is 6.61. The van der Waals surface area contributed by atoms with E-state index in [2.05, 4.69) is 25.6 Å². The summed E-state index contributed by atoms with van der Waals surface area (Å²) in [6.07, 6.45) is 1.62. The van der Waals surface area contributed by atoms with Gasteiger partial charge >= 0.3 is 0 Å². The van der Waals surface area contributed by atoms with Gasteiger partial charge in [-0.25, -0.2) is 4.98 Å². The van der Waals surface area contributed by atoms with Crippen LogP contribution in [0.25, 0.3) is 0 Å². The molecule has 0 saturated heterocycles. The lowest BCUT2D eigenvalue weighted by Crippen LogP contribution is -1.93. The fourth-order valence-electron chi connectivity index (χ4n) is 1.82. The Hall–Kier alpha value is -2.03. The molecule has 3 aromatic rings. The average Bonchev–Trinajstić information content (AvgIpc) is 3.02. The van der Waals surface area contributed by atoms with Crippen LogP contribution in [0, 0.1) is 18.6 Å². The molecule has 0 aliphatic carbocycles. The lowest BCUT2D eigenvalue weighted by atomic mass is 10.2. The Morgan fingerprint density at radius 2 is 2.09 bits per heavy atom. The van der Waals surface area contributed by atoms with Gasteiger partial charge in [0.15, 0.2) is 10.3 Å². The third-order valence-corrected chi connectivity index (χ3v) is 4.58. The van der Waals surface area contributed by atoms with Crippen molar-refractivity contribution in [3.63, 3.8) is 0 Å². The van der Waals surface area contributed by atoms with Gasteiger partial charge in [-0.05, 0) is 38.2 Å². The molecule has 0 atom stereocenters. The van der Waals surface area contributed by atoms with Gasteiger partial charge in [0.05, 0.1) is 11.1 Å². The molecule has 2 N–H and O–H groups in total. The summed E-state index contributed by atoms with van der Waals surface area (Å²) in [6.45, 7) is 3.85. The highest BCUT2D eigenvalue weighted by Crippen LogP contribution is 2.28. The molecule has 0 radical (unpaired) electrons. The molecule has 0 saturated carbocycles. The summed E-state index contributed by atoms with van der Waals surface area (Å²) in [7, 11) is 0. The standard InChI is InChI=1S/C14H13ClN6S2/c1-8-3-5-10(6-4-8)17-13-18-12(15)11(23-13)7-16-21-9(2)19-20-14(21)22/h3-7H,1-2H3,(H,17,18)(H,20,22)/b16-7+. The molecule has 0 fully saturated rings. The monoisotopic (exact) mass is 364 g/mol. The molecule has 6 nitrogen and oxygen atoms in total. The SMILES string of the molecule is Cc1ccc(Nc2nc(Cl)c(/C=N/n3c(C)n[nH]c3=S)s2)cc1. The molecule has 2 heterocycles. The van der Waals surface area contributed by atoms with E-state index in [1.807, 2.05) is 38.1 Å². The predicted octanol–water partition coefficient (Wildman–Crippen LogP) is 4.29. The summed E-state index contributed by atoms with van der Waals surface area (Å²) in [6, 6.07) is 8.05. The van der Waals surface area contributed by atoms with Gasteiger partial charge in [-0.1, -0.05) is 40.6 Å². The van der Waals surface area contributed by atoms with Gasteiger partial charge in [0.1, 0.15) is 5.82 Å². The third-order valence-electron chi connectivity index (χ3n) is 3.02. The molecule has 2 aromatic heterocycles. The molecule has 23 heavy (non-hydrogen) atoms. The summed E-state index contributed by atoms with van der Waals surface area (Å²) in [5.74, 6) is 0.671. The number of nitrogens with one attached hydrogen (secondary N) is 2. The van der Waals surface area contributed by atoms with Crippen LogP contribution >= 0.6 is 35.2 Å². The van der Waals surface area contributed by atoms with Crippen molar-refractivity contribution in [2.24, 2.45) is 5.10 Å². The number of halogens is 1. The summed E-state index contributed by atoms with van der Waals surface area (Å²) in [5, 5.41) is 15.3. The van der Waals surface area contributed by atoms with Crippen molar-refractivity contribution in [1.82, 2.24) is 19.9 Å². The summed E-state index contributed by atoms with van der Waals surface area (Å²) >= 11 is 12.7. The molecular weight excluding hydrogens is 352 g/mol. The van der Waals surface area contributed by atoms with Gasteiger partial charge in [0, 0.05) is 5.69 Å². The van der Waals surface area contributed by atoms with Gasteiger partial charge in [0.25, 0.3) is 0 Å². The summed E-state index contributed by atoms with van der Waals surface area (Å²) in [5.41, 5.74) is 2.16. The molecule has 118 valence electrons. The first-order chi connectivity index (χ1) is 11.0. The Morgan fingerprint density at radius 3 is 2.74 bits per heavy atom. The van der Waals surface area contributed by atoms with Crippen LogP contribution < -0.4 is 5.32 Å². The predicted molar refractivity (Wildman–Crippen MR) is 96.7 cm³/mol. The van der Waals surface area contributed by atoms with Crippen LogP contribution in [0.2, 0.25) is 5.15 Å². The number of hydrogen-bond donors (Lipinski definition) is 2. The average molecular weight is 365 g/mol. The molecule has 0 aliphatic heterocycles. The van der Waals surface area contributed by atoms with Crippen LogP contribution in [-0.2, 0) is 0 Å². The van der Waals surface area contributed by atoms with E-state index in [9.17, 15) is 0 Å². The lowest BCUT2D eigenvalue weighted by Gasteiger charge is -2.01. The van der Waals surface area contributed by atoms with Crippen LogP contribution in [0.4, 0.5) is 10.8 Å². The van der Waals surface area contributed by atoms with Crippen molar-refractivity contribution in [2.75, 3.05) is 5.32 Å². The van der Waals surface area contributed by atoms with E-state index in [0.29, 0.717) is 20.9 Å². The number of hydrogen-bond acceptors (Lipinski definition) is 6. The number of anilines is 2. The fraction of sp³-hybridized carbons (Fsp3) is 0.143. The lowest BCUT2D eigenvalue weighted by molar-refractivity contribution is 0.821. The molecule has 0 amide bonds. The minimum Gasteiger partial charge on any atom is -0.331 e. The number of aromatic nitrogens is 4. The van der Waals surface area contributed by atoms with Gasteiger partial charge in [-0.15, -0.1) is 0 Å². The van der Waals surface area contributed by atoms with Gasteiger partial charge < -0.3 is 5.32 Å². The second-order valence-corrected chi connectivity index (χ2v) is 6.57. The molecule has 0 bridgehead atoms. The van der Waals surface area contributed by atoms with Crippen molar-refractivity contribution in [3.8, 4) is 0 Å². The van der Waals surface area contributed by atoms with E-state index in [4.69, 9.17) is 23.8 Å². The number of thiazole rings is 1. The number of aryl methyl sites for hydroxylation is 2. The van der Waals surface area contributed by atoms with Crippen LogP contribution in [0.3, 0.4) is 0 Å². The van der Waals surface area contributed by atoms with E-state index in [1.165, 1.54) is 21.6 Å². The zero-order valence-electron chi connectivity index (χ0n) is 12.4. The van der Waals surface area contributed by atoms with Crippen molar-refractivity contribution in [1.29, 1.82) is 0 Å². The minimum atomic E-state index is 0.390. The Bertz CT molecular complexity index is 906. The normalized spacial score (nSPS) is 11.3. The number of H-pyrrole nitrogens is 1. The Morgan fingerprint density at radius 1 is 1.35 bits per heavy atom. The molecule has 3 rings (SSSR count). The second-order valence-electron chi connectivity index (χ2n) is 4.80. The number of benzene rings is 1. The number of rotatable bonds is 4. The Labute approximate surface area is 146 Å². The van der Waals surface area contributed by atoms with E-state index in [1.54, 1.807) is 6.21 Å². The van der Waals surface area contributed by atoms with Gasteiger partial charge in [0.2, 0.25) is 4.77 Å². The van der Waals surface area contributed by atoms with E-state index in [-0.39, 0.29) is 0 Å². The van der Waals surface area contributed by atoms with Crippen molar-refractivity contribution in [2.45, 2.75) is 13.8 Å². The summed E-state index contributed by atoms with van der Waals surface area (Å²) in [4.78, 5) is 5.04. The fourth-order valence-corrected chi connectivity index (χ4v) is 3.09. The van der Waals surface area contributed by atoms with Crippen molar-refractivity contribution < 1.29 is 0 Å². The molecule has 0 spiro atoms. The van der Waals surface area contributed by atoms with E-state index in [0.717, 1.165) is 10.6 Å². The number of aromatic amines is 1. The van der Waals surface area contributed by atoms with E-state index >= 15 is 0 Å².